The summed E-state index contributed by atoms with van der Waals surface area (Å²) >= 11 is 0. The monoisotopic (exact) mass is 443 g/mol. The van der Waals surface area contributed by atoms with E-state index in [4.69, 9.17) is 9.47 Å². The number of halogens is 2. The maximum Gasteiger partial charge on any atom is 0.263 e. The number of fused-ring (bicyclic) bond motifs is 2. The van der Waals surface area contributed by atoms with Crippen LogP contribution in [-0.2, 0) is 14.4 Å². The Hall–Kier alpha value is -4.09. The highest BCUT2D eigenvalue weighted by atomic mass is 19.2. The average Bonchev–Trinajstić information content (AvgIpc) is 3.29. The number of carbonyl (C=O) groups is 3. The number of imide groups is 1. The van der Waals surface area contributed by atoms with Crippen LogP contribution in [-0.4, -0.2) is 54.6 Å². The van der Waals surface area contributed by atoms with Crippen LogP contribution < -0.4 is 19.7 Å². The number of ether oxygens (including phenoxy) is 2. The number of nitrogens with zero attached hydrogens (tertiary/aromatic N) is 4. The number of anilines is 2. The first-order valence-corrected chi connectivity index (χ1v) is 9.62. The number of amides is 3. The lowest BCUT2D eigenvalue weighted by Crippen LogP contribution is -2.43. The van der Waals surface area contributed by atoms with Crippen LogP contribution in [0.15, 0.2) is 46.7 Å². The molecule has 2 aromatic carbocycles. The first kappa shape index (κ1) is 19.8. The second-order valence-corrected chi connectivity index (χ2v) is 7.21. The van der Waals surface area contributed by atoms with E-state index < -0.39 is 41.4 Å². The minimum atomic E-state index is -1.20. The van der Waals surface area contributed by atoms with Crippen molar-refractivity contribution in [2.45, 2.75) is 12.1 Å². The van der Waals surface area contributed by atoms with Gasteiger partial charge in [0.05, 0.1) is 5.69 Å². The van der Waals surface area contributed by atoms with E-state index in [0.29, 0.717) is 30.4 Å². The number of nitrogens with one attached hydrogen (secondary N) is 1. The fraction of sp³-hybridized carbons (Fsp3) is 0.250. The predicted molar refractivity (Wildman–Crippen MR) is 104 cm³/mol. The van der Waals surface area contributed by atoms with Gasteiger partial charge in [0, 0.05) is 17.8 Å². The summed E-state index contributed by atoms with van der Waals surface area (Å²) in [7, 11) is 0. The molecule has 0 aliphatic carbocycles. The van der Waals surface area contributed by atoms with Gasteiger partial charge >= 0.3 is 0 Å². The van der Waals surface area contributed by atoms with Crippen LogP contribution in [0.25, 0.3) is 0 Å². The van der Waals surface area contributed by atoms with Gasteiger partial charge in [-0.05, 0) is 24.3 Å². The number of benzene rings is 2. The lowest BCUT2D eigenvalue weighted by Gasteiger charge is -2.21. The van der Waals surface area contributed by atoms with Crippen molar-refractivity contribution in [2.75, 3.05) is 30.0 Å². The molecule has 0 radical (unpaired) electrons. The van der Waals surface area contributed by atoms with Gasteiger partial charge in [-0.1, -0.05) is 5.22 Å². The highest BCUT2D eigenvalue weighted by Gasteiger charge is 2.55. The van der Waals surface area contributed by atoms with Crippen LogP contribution in [0.1, 0.15) is 0 Å². The Morgan fingerprint density at radius 1 is 1.03 bits per heavy atom. The van der Waals surface area contributed by atoms with Gasteiger partial charge in [0.15, 0.2) is 35.2 Å². The van der Waals surface area contributed by atoms with Crippen LogP contribution in [0.2, 0.25) is 0 Å². The maximum absolute atomic E-state index is 13.6. The third-order valence-corrected chi connectivity index (χ3v) is 5.15. The van der Waals surface area contributed by atoms with Gasteiger partial charge in [-0.2, -0.15) is 5.11 Å². The molecule has 0 unspecified atom stereocenters. The summed E-state index contributed by atoms with van der Waals surface area (Å²) in [5, 5.41) is 11.3. The van der Waals surface area contributed by atoms with E-state index in [1.165, 1.54) is 0 Å². The van der Waals surface area contributed by atoms with Gasteiger partial charge in [-0.15, -0.1) is 0 Å². The highest BCUT2D eigenvalue weighted by Crippen LogP contribution is 2.34. The summed E-state index contributed by atoms with van der Waals surface area (Å²) in [6, 6.07) is 5.27. The zero-order valence-electron chi connectivity index (χ0n) is 16.3. The molecule has 12 heteroatoms. The Labute approximate surface area is 179 Å². The molecule has 0 saturated carbocycles. The number of hydrogen-bond acceptors (Lipinski definition) is 8. The van der Waals surface area contributed by atoms with Crippen molar-refractivity contribution in [3.05, 3.63) is 48.0 Å². The smallest absolute Gasteiger partial charge is 0.263 e. The Balaban J connectivity index is 1.29. The minimum Gasteiger partial charge on any atom is -0.486 e. The maximum atomic E-state index is 13.6. The van der Waals surface area contributed by atoms with Crippen LogP contribution >= 0.6 is 0 Å². The highest BCUT2D eigenvalue weighted by molar-refractivity contribution is 6.25. The molecular weight excluding hydrogens is 428 g/mol. The van der Waals surface area contributed by atoms with Crippen molar-refractivity contribution in [1.82, 2.24) is 5.01 Å². The molecule has 3 aliphatic rings. The molecule has 32 heavy (non-hydrogen) atoms. The fourth-order valence-electron chi connectivity index (χ4n) is 3.70. The molecule has 2 atom stereocenters. The predicted octanol–water partition coefficient (Wildman–Crippen LogP) is 1.67. The molecule has 0 spiro atoms. The largest absolute Gasteiger partial charge is 0.486 e. The number of carbonyl (C=O) groups excluding carboxylic acids is 3. The molecule has 0 bridgehead atoms. The summed E-state index contributed by atoms with van der Waals surface area (Å²) in [6.07, 6.45) is 0. The molecule has 2 aromatic rings. The third kappa shape index (κ3) is 3.29. The van der Waals surface area contributed by atoms with Crippen molar-refractivity contribution < 1.29 is 32.6 Å². The zero-order valence-corrected chi connectivity index (χ0v) is 16.3. The Morgan fingerprint density at radius 3 is 2.59 bits per heavy atom. The Morgan fingerprint density at radius 2 is 1.81 bits per heavy atom. The lowest BCUT2D eigenvalue weighted by molar-refractivity contribution is -0.123. The third-order valence-electron chi connectivity index (χ3n) is 5.15. The van der Waals surface area contributed by atoms with Gasteiger partial charge in [0.2, 0.25) is 5.91 Å². The van der Waals surface area contributed by atoms with E-state index in [0.717, 1.165) is 28.1 Å². The quantitative estimate of drug-likeness (QED) is 0.720. The summed E-state index contributed by atoms with van der Waals surface area (Å²) in [5.41, 5.74) is 0.327. The van der Waals surface area contributed by atoms with Gasteiger partial charge in [-0.3, -0.25) is 19.4 Å². The summed E-state index contributed by atoms with van der Waals surface area (Å²) in [5.74, 6) is -3.21. The summed E-state index contributed by atoms with van der Waals surface area (Å²) < 4.78 is 37.7. The van der Waals surface area contributed by atoms with E-state index in [9.17, 15) is 23.2 Å². The van der Waals surface area contributed by atoms with Gasteiger partial charge < -0.3 is 14.8 Å². The van der Waals surface area contributed by atoms with Crippen molar-refractivity contribution >= 4 is 29.1 Å². The van der Waals surface area contributed by atoms with Crippen molar-refractivity contribution in [3.8, 4) is 11.5 Å². The standard InChI is InChI=1S/C20H15F2N5O5/c21-12-3-2-11(8-13(12)22)27-19(29)17-18(20(27)30)26(25-24-17)9-16(28)23-10-1-4-14-15(7-10)32-6-5-31-14/h1-4,7-8,17-18H,5-6,9H2,(H,23,28)/t17-,18-/m0/s1. The average molecular weight is 443 g/mol. The van der Waals surface area contributed by atoms with E-state index in [1.807, 2.05) is 0 Å². The normalized spacial score (nSPS) is 21.2. The summed E-state index contributed by atoms with van der Waals surface area (Å²) in [6.45, 7) is 0.478. The van der Waals surface area contributed by atoms with E-state index in [2.05, 4.69) is 15.7 Å². The fourth-order valence-corrected chi connectivity index (χ4v) is 3.70. The lowest BCUT2D eigenvalue weighted by atomic mass is 10.1. The molecule has 3 heterocycles. The van der Waals surface area contributed by atoms with Crippen molar-refractivity contribution in [1.29, 1.82) is 0 Å². The summed E-state index contributed by atoms with van der Waals surface area (Å²) in [4.78, 5) is 38.7. The Kier molecular flexibility index (Phi) is 4.68. The van der Waals surface area contributed by atoms with Crippen molar-refractivity contribution in [2.24, 2.45) is 10.3 Å². The molecule has 10 nitrogen and oxygen atoms in total. The molecule has 3 amide bonds. The zero-order chi connectivity index (χ0) is 22.4. The van der Waals surface area contributed by atoms with Crippen LogP contribution in [0.3, 0.4) is 0 Å². The second-order valence-electron chi connectivity index (χ2n) is 7.21. The molecule has 1 fully saturated rings. The van der Waals surface area contributed by atoms with Gasteiger partial charge in [0.25, 0.3) is 11.8 Å². The van der Waals surface area contributed by atoms with E-state index in [-0.39, 0.29) is 12.2 Å². The topological polar surface area (TPSA) is 113 Å². The van der Waals surface area contributed by atoms with E-state index in [1.54, 1.807) is 18.2 Å². The van der Waals surface area contributed by atoms with Crippen LogP contribution in [0.4, 0.5) is 20.2 Å². The molecule has 164 valence electrons. The molecule has 1 saturated heterocycles. The van der Waals surface area contributed by atoms with Crippen LogP contribution in [0, 0.1) is 11.6 Å². The second kappa shape index (κ2) is 7.55. The molecule has 1 N–H and O–H groups in total. The Bertz CT molecular complexity index is 1170. The number of hydrogen-bond donors (Lipinski definition) is 1. The molecule has 0 aromatic heterocycles. The van der Waals surface area contributed by atoms with Gasteiger partial charge in [-0.25, -0.2) is 13.7 Å². The van der Waals surface area contributed by atoms with Crippen LogP contribution in [0.5, 0.6) is 11.5 Å². The van der Waals surface area contributed by atoms with E-state index >= 15 is 0 Å². The molecular formula is C20H15F2N5O5. The SMILES string of the molecule is O=C(CN1N=N[C@@H]2C(=O)N(c3ccc(F)c(F)c3)C(=O)[C@H]21)Nc1ccc2c(c1)OCCO2. The van der Waals surface area contributed by atoms with Crippen molar-refractivity contribution in [3.63, 3.8) is 0 Å². The molecule has 5 rings (SSSR count). The van der Waals surface area contributed by atoms with Gasteiger partial charge in [0.1, 0.15) is 19.8 Å². The number of rotatable bonds is 4. The minimum absolute atomic E-state index is 0.121. The molecule has 3 aliphatic heterocycles. The first-order chi connectivity index (χ1) is 15.4. The first-order valence-electron chi connectivity index (χ1n) is 9.62.